The van der Waals surface area contributed by atoms with E-state index in [1.807, 2.05) is 0 Å². The second-order valence-corrected chi connectivity index (χ2v) is 14.4. The van der Waals surface area contributed by atoms with Gasteiger partial charge < -0.3 is 13.7 Å². The second kappa shape index (κ2) is 16.7. The molecule has 0 aromatic heterocycles. The van der Waals surface area contributed by atoms with Gasteiger partial charge in [0.25, 0.3) is 0 Å². The first kappa shape index (κ1) is 26.8. The van der Waals surface area contributed by atoms with Crippen LogP contribution in [0.4, 0.5) is 0 Å². The summed E-state index contributed by atoms with van der Waals surface area (Å²) < 4.78 is 59.4. The molecule has 0 aliphatic carbocycles. The molecular weight excluding hydrogens is 415 g/mol. The molecule has 0 saturated carbocycles. The van der Waals surface area contributed by atoms with Crippen molar-refractivity contribution in [2.45, 2.75) is 58.3 Å². The molecule has 0 fully saturated rings. The van der Waals surface area contributed by atoms with Gasteiger partial charge in [-0.2, -0.15) is 0 Å². The minimum absolute atomic E-state index is 0.320. The Morgan fingerprint density at radius 2 is 0.885 bits per heavy atom. The van der Waals surface area contributed by atoms with Crippen LogP contribution in [0.25, 0.3) is 0 Å². The van der Waals surface area contributed by atoms with Gasteiger partial charge >= 0.3 is 0 Å². The summed E-state index contributed by atoms with van der Waals surface area (Å²) in [5.41, 5.74) is 0. The van der Waals surface area contributed by atoms with Gasteiger partial charge in [0, 0.05) is 24.5 Å². The van der Waals surface area contributed by atoms with Crippen molar-refractivity contribution in [1.82, 2.24) is 0 Å². The molecule has 3 N–H and O–H groups in total. The van der Waals surface area contributed by atoms with Crippen molar-refractivity contribution >= 4 is 40.5 Å². The summed E-state index contributed by atoms with van der Waals surface area (Å²) in [6.07, 6.45) is 11.8. The number of hydrogen-bond acceptors (Lipinski definition) is 3. The molecule has 158 valence electrons. The SMILES string of the molecule is CCCC[P+](CCCCS(=O)O)(CCCCS(=O)O)CCCCS(=O)O. The van der Waals surface area contributed by atoms with Gasteiger partial charge in [0.15, 0.2) is 33.2 Å². The van der Waals surface area contributed by atoms with Gasteiger partial charge in [-0.3, -0.25) is 0 Å². The number of unbranched alkanes of at least 4 members (excludes halogenated alkanes) is 4. The van der Waals surface area contributed by atoms with E-state index in [0.717, 1.165) is 69.9 Å². The monoisotopic (exact) mass is 451 g/mol. The zero-order chi connectivity index (χ0) is 19.8. The molecule has 0 aromatic carbocycles. The predicted molar refractivity (Wildman–Crippen MR) is 116 cm³/mol. The first-order valence-electron chi connectivity index (χ1n) is 9.39. The zero-order valence-corrected chi connectivity index (χ0v) is 19.2. The van der Waals surface area contributed by atoms with Crippen molar-refractivity contribution in [2.24, 2.45) is 0 Å². The van der Waals surface area contributed by atoms with Gasteiger partial charge in [0.1, 0.15) is 0 Å². The molecule has 0 saturated heterocycles. The highest BCUT2D eigenvalue weighted by atomic mass is 32.2. The largest absolute Gasteiger partial charge is 0.306 e. The summed E-state index contributed by atoms with van der Waals surface area (Å²) in [7, 11) is -1.23. The van der Waals surface area contributed by atoms with E-state index in [0.29, 0.717) is 17.3 Å². The molecule has 0 heterocycles. The Hall–Kier alpha value is 0.760. The molecule has 0 radical (unpaired) electrons. The van der Waals surface area contributed by atoms with Crippen LogP contribution in [0.1, 0.15) is 58.3 Å². The normalized spacial score (nSPS) is 17.5. The molecule has 0 aliphatic heterocycles. The van der Waals surface area contributed by atoms with Crippen molar-refractivity contribution < 1.29 is 26.3 Å². The highest BCUT2D eigenvalue weighted by Crippen LogP contribution is 2.61. The van der Waals surface area contributed by atoms with E-state index >= 15 is 0 Å². The summed E-state index contributed by atoms with van der Waals surface area (Å²) in [5.74, 6) is 0.961. The van der Waals surface area contributed by atoms with Gasteiger partial charge in [-0.05, 0) is 44.9 Å². The van der Waals surface area contributed by atoms with Crippen LogP contribution < -0.4 is 0 Å². The maximum Gasteiger partial charge on any atom is 0.152 e. The molecule has 0 bridgehead atoms. The smallest absolute Gasteiger partial charge is 0.152 e. The molecule has 0 rings (SSSR count). The van der Waals surface area contributed by atoms with E-state index in [9.17, 15) is 12.6 Å². The second-order valence-electron chi connectivity index (χ2n) is 6.79. The Labute approximate surface area is 166 Å². The maximum atomic E-state index is 10.9. The van der Waals surface area contributed by atoms with Crippen molar-refractivity contribution in [2.75, 3.05) is 41.9 Å². The van der Waals surface area contributed by atoms with Gasteiger partial charge in [-0.15, -0.1) is 0 Å². The lowest BCUT2D eigenvalue weighted by Gasteiger charge is -2.28. The third-order valence-electron chi connectivity index (χ3n) is 4.59. The molecule has 6 nitrogen and oxygen atoms in total. The van der Waals surface area contributed by atoms with Crippen molar-refractivity contribution in [3.63, 3.8) is 0 Å². The van der Waals surface area contributed by atoms with Gasteiger partial charge in [-0.1, -0.05) is 13.3 Å². The van der Waals surface area contributed by atoms with Crippen LogP contribution in [-0.4, -0.2) is 68.2 Å². The summed E-state index contributed by atoms with van der Waals surface area (Å²) in [6, 6.07) is 0. The third-order valence-corrected chi connectivity index (χ3v) is 11.6. The lowest BCUT2D eigenvalue weighted by Crippen LogP contribution is -2.14. The quantitative estimate of drug-likeness (QED) is 0.166. The summed E-state index contributed by atoms with van der Waals surface area (Å²) >= 11 is -5.20. The Balaban J connectivity index is 4.74. The summed E-state index contributed by atoms with van der Waals surface area (Å²) in [6.45, 7) is 2.17. The molecule has 0 aliphatic rings. The fourth-order valence-electron chi connectivity index (χ4n) is 3.18. The van der Waals surface area contributed by atoms with Gasteiger partial charge in [-0.25, -0.2) is 12.6 Å². The standard InChI is InChI=1S/C16H35O6PS3/c1-2-3-10-23(11-4-7-14-24(17)18,12-5-8-15-25(19)20)13-6-9-16-26(21)22/h2-16H2,1H3,(H2-,17,18,19,20,21,22)/p+1. The maximum absolute atomic E-state index is 10.9. The van der Waals surface area contributed by atoms with Crippen LogP contribution in [0.2, 0.25) is 0 Å². The van der Waals surface area contributed by atoms with E-state index in [2.05, 4.69) is 6.92 Å². The molecule has 26 heavy (non-hydrogen) atoms. The average molecular weight is 452 g/mol. The minimum Gasteiger partial charge on any atom is -0.306 e. The van der Waals surface area contributed by atoms with Crippen LogP contribution in [-0.2, 0) is 33.2 Å². The topological polar surface area (TPSA) is 112 Å². The van der Waals surface area contributed by atoms with E-state index in [-0.39, 0.29) is 0 Å². The number of rotatable bonds is 18. The van der Waals surface area contributed by atoms with E-state index in [1.165, 1.54) is 6.16 Å². The first-order valence-corrected chi connectivity index (χ1v) is 15.7. The Morgan fingerprint density at radius 1 is 0.577 bits per heavy atom. The minimum atomic E-state index is -1.73. The fraction of sp³-hybridized carbons (Fsp3) is 1.00. The van der Waals surface area contributed by atoms with Crippen molar-refractivity contribution in [3.05, 3.63) is 0 Å². The van der Waals surface area contributed by atoms with E-state index in [1.54, 1.807) is 0 Å². The molecule has 0 spiro atoms. The lowest BCUT2D eigenvalue weighted by molar-refractivity contribution is 0.560. The molecule has 0 amide bonds. The molecule has 3 atom stereocenters. The first-order chi connectivity index (χ1) is 12.3. The predicted octanol–water partition coefficient (Wildman–Crippen LogP) is 3.81. The van der Waals surface area contributed by atoms with Crippen molar-refractivity contribution in [1.29, 1.82) is 0 Å². The Kier molecular flexibility index (Phi) is 17.2. The molecule has 3 unspecified atom stereocenters. The van der Waals surface area contributed by atoms with Crippen LogP contribution in [0.5, 0.6) is 0 Å². The van der Waals surface area contributed by atoms with Crippen molar-refractivity contribution in [3.8, 4) is 0 Å². The Bertz CT molecular complexity index is 381. The van der Waals surface area contributed by atoms with Crippen LogP contribution in [0, 0.1) is 0 Å². The van der Waals surface area contributed by atoms with Gasteiger partial charge in [0.05, 0.1) is 24.6 Å². The van der Waals surface area contributed by atoms with E-state index in [4.69, 9.17) is 13.7 Å². The molecule has 0 aromatic rings. The summed E-state index contributed by atoms with van der Waals surface area (Å²) in [5, 5.41) is 0. The van der Waals surface area contributed by atoms with Crippen LogP contribution >= 0.6 is 7.26 Å². The average Bonchev–Trinajstić information content (AvgIpc) is 2.57. The van der Waals surface area contributed by atoms with Crippen LogP contribution in [0.15, 0.2) is 0 Å². The van der Waals surface area contributed by atoms with Crippen LogP contribution in [0.3, 0.4) is 0 Å². The molecule has 10 heteroatoms. The Morgan fingerprint density at radius 3 is 1.15 bits per heavy atom. The zero-order valence-electron chi connectivity index (χ0n) is 15.8. The third kappa shape index (κ3) is 15.8. The fourth-order valence-corrected chi connectivity index (χ4v) is 9.55. The summed E-state index contributed by atoms with van der Waals surface area (Å²) in [4.78, 5) is 0. The highest BCUT2D eigenvalue weighted by Gasteiger charge is 2.35. The highest BCUT2D eigenvalue weighted by molar-refractivity contribution is 7.79. The lowest BCUT2D eigenvalue weighted by atomic mass is 10.4. The number of hydrogen-bond donors (Lipinski definition) is 3. The van der Waals surface area contributed by atoms with Gasteiger partial charge in [0.2, 0.25) is 0 Å². The molecular formula is C16H36O6PS3+. The van der Waals surface area contributed by atoms with E-state index < -0.39 is 40.5 Å².